The van der Waals surface area contributed by atoms with Gasteiger partial charge in [-0.1, -0.05) is 50.2 Å². The molecule has 3 aromatic carbocycles. The SMILES string of the molecule is CC(C)CN(Cc1cccc(OS(=O)(=O)c2cccc(C(F)(F)F)c2)c1)C(=O)Nc1ccccc1. The van der Waals surface area contributed by atoms with Crippen molar-refractivity contribution in [1.82, 2.24) is 4.90 Å². The van der Waals surface area contributed by atoms with Gasteiger partial charge < -0.3 is 14.4 Å². The average Bonchev–Trinajstić information content (AvgIpc) is 2.78. The number of halogens is 3. The van der Waals surface area contributed by atoms with Crippen LogP contribution < -0.4 is 9.50 Å². The van der Waals surface area contributed by atoms with Crippen molar-refractivity contribution < 1.29 is 30.6 Å². The van der Waals surface area contributed by atoms with Gasteiger partial charge in [-0.2, -0.15) is 21.6 Å². The van der Waals surface area contributed by atoms with E-state index in [4.69, 9.17) is 4.18 Å². The van der Waals surface area contributed by atoms with Gasteiger partial charge in [-0.25, -0.2) is 4.79 Å². The van der Waals surface area contributed by atoms with Crippen molar-refractivity contribution in [2.45, 2.75) is 31.5 Å². The number of urea groups is 1. The zero-order chi connectivity index (χ0) is 25.6. The van der Waals surface area contributed by atoms with Gasteiger partial charge in [0.1, 0.15) is 10.6 Å². The normalized spacial score (nSPS) is 11.8. The van der Waals surface area contributed by atoms with E-state index in [0.717, 1.165) is 18.2 Å². The molecular weight excluding hydrogens is 481 g/mol. The second-order valence-corrected chi connectivity index (χ2v) is 9.83. The summed E-state index contributed by atoms with van der Waals surface area (Å²) in [6.07, 6.45) is -4.69. The smallest absolute Gasteiger partial charge is 0.379 e. The second kappa shape index (κ2) is 10.8. The maximum absolute atomic E-state index is 13.0. The van der Waals surface area contributed by atoms with Gasteiger partial charge in [-0.3, -0.25) is 0 Å². The Hall–Kier alpha value is -3.53. The predicted octanol–water partition coefficient (Wildman–Crippen LogP) is 6.16. The van der Waals surface area contributed by atoms with Gasteiger partial charge in [0.15, 0.2) is 0 Å². The van der Waals surface area contributed by atoms with Crippen LogP contribution in [-0.4, -0.2) is 25.9 Å². The minimum atomic E-state index is -4.69. The minimum absolute atomic E-state index is 0.0760. The molecule has 0 aromatic heterocycles. The monoisotopic (exact) mass is 506 g/mol. The molecule has 0 aliphatic rings. The number of benzene rings is 3. The Morgan fingerprint density at radius 3 is 2.31 bits per heavy atom. The van der Waals surface area contributed by atoms with Crippen LogP contribution in [0, 0.1) is 5.92 Å². The second-order valence-electron chi connectivity index (χ2n) is 8.28. The third-order valence-corrected chi connectivity index (χ3v) is 6.07. The van der Waals surface area contributed by atoms with E-state index < -0.39 is 26.8 Å². The molecule has 3 rings (SSSR count). The third kappa shape index (κ3) is 7.48. The molecule has 2 amide bonds. The molecule has 0 unspecified atom stereocenters. The number of anilines is 1. The van der Waals surface area contributed by atoms with Gasteiger partial charge in [0.05, 0.1) is 5.56 Å². The van der Waals surface area contributed by atoms with Crippen LogP contribution in [0.15, 0.2) is 83.8 Å². The van der Waals surface area contributed by atoms with Crippen molar-refractivity contribution in [3.05, 3.63) is 90.0 Å². The first-order valence-electron chi connectivity index (χ1n) is 10.8. The van der Waals surface area contributed by atoms with E-state index >= 15 is 0 Å². The molecule has 0 radical (unpaired) electrons. The summed E-state index contributed by atoms with van der Waals surface area (Å²) < 4.78 is 69.2. The standard InChI is InChI=1S/C25H25F3N2O4S/c1-18(2)16-30(24(31)29-21-10-4-3-5-11-21)17-19-8-6-12-22(14-19)34-35(32,33)23-13-7-9-20(15-23)25(26,27)28/h3-15,18H,16-17H2,1-2H3,(H,29,31). The summed E-state index contributed by atoms with van der Waals surface area (Å²) in [7, 11) is -4.51. The summed E-state index contributed by atoms with van der Waals surface area (Å²) in [6.45, 7) is 4.53. The van der Waals surface area contributed by atoms with E-state index in [9.17, 15) is 26.4 Å². The molecule has 186 valence electrons. The van der Waals surface area contributed by atoms with E-state index in [1.54, 1.807) is 41.3 Å². The van der Waals surface area contributed by atoms with Crippen LogP contribution in [0.3, 0.4) is 0 Å². The number of para-hydroxylation sites is 1. The number of amides is 2. The topological polar surface area (TPSA) is 75.7 Å². The van der Waals surface area contributed by atoms with E-state index in [1.807, 2.05) is 19.9 Å². The van der Waals surface area contributed by atoms with Crippen molar-refractivity contribution in [3.63, 3.8) is 0 Å². The lowest BCUT2D eigenvalue weighted by molar-refractivity contribution is -0.137. The first-order chi connectivity index (χ1) is 16.4. The first-order valence-corrected chi connectivity index (χ1v) is 12.2. The van der Waals surface area contributed by atoms with Crippen LogP contribution in [0.2, 0.25) is 0 Å². The van der Waals surface area contributed by atoms with Crippen molar-refractivity contribution in [2.75, 3.05) is 11.9 Å². The largest absolute Gasteiger partial charge is 0.416 e. The van der Waals surface area contributed by atoms with Gasteiger partial charge >= 0.3 is 22.3 Å². The number of carbonyl (C=O) groups excluding carboxylic acids is 1. The Bertz CT molecular complexity index is 1260. The van der Waals surface area contributed by atoms with Crippen LogP contribution in [0.4, 0.5) is 23.7 Å². The summed E-state index contributed by atoms with van der Waals surface area (Å²) in [4.78, 5) is 13.8. The van der Waals surface area contributed by atoms with Crippen LogP contribution in [0.1, 0.15) is 25.0 Å². The number of nitrogens with zero attached hydrogens (tertiary/aromatic N) is 1. The van der Waals surface area contributed by atoms with E-state index in [0.29, 0.717) is 23.9 Å². The Morgan fingerprint density at radius 2 is 1.66 bits per heavy atom. The summed E-state index contributed by atoms with van der Waals surface area (Å²) in [6, 6.07) is 18.0. The molecule has 0 saturated carbocycles. The summed E-state index contributed by atoms with van der Waals surface area (Å²) in [5.74, 6) is 0.0881. The highest BCUT2D eigenvalue weighted by Gasteiger charge is 2.32. The lowest BCUT2D eigenvalue weighted by Gasteiger charge is -2.25. The molecule has 6 nitrogen and oxygen atoms in total. The number of carbonyl (C=O) groups is 1. The van der Waals surface area contributed by atoms with E-state index in [1.165, 1.54) is 12.1 Å². The fraction of sp³-hybridized carbons (Fsp3) is 0.240. The maximum Gasteiger partial charge on any atom is 0.416 e. The van der Waals surface area contributed by atoms with Crippen molar-refractivity contribution in [1.29, 1.82) is 0 Å². The molecule has 35 heavy (non-hydrogen) atoms. The molecular formula is C25H25F3N2O4S. The zero-order valence-electron chi connectivity index (χ0n) is 19.1. The highest BCUT2D eigenvalue weighted by atomic mass is 32.2. The zero-order valence-corrected chi connectivity index (χ0v) is 19.9. The Balaban J connectivity index is 1.78. The molecule has 1 N–H and O–H groups in total. The van der Waals surface area contributed by atoms with Crippen molar-refractivity contribution in [3.8, 4) is 5.75 Å². The number of alkyl halides is 3. The Kier molecular flexibility index (Phi) is 8.06. The van der Waals surface area contributed by atoms with Crippen LogP contribution in [0.5, 0.6) is 5.75 Å². The predicted molar refractivity (Wildman–Crippen MR) is 126 cm³/mol. The molecule has 3 aromatic rings. The molecule has 0 fully saturated rings. The molecule has 0 spiro atoms. The number of rotatable bonds is 8. The van der Waals surface area contributed by atoms with Crippen LogP contribution >= 0.6 is 0 Å². The van der Waals surface area contributed by atoms with Crippen LogP contribution in [-0.2, 0) is 22.8 Å². The molecule has 0 atom stereocenters. The fourth-order valence-corrected chi connectivity index (χ4v) is 4.27. The molecule has 0 heterocycles. The third-order valence-electron chi connectivity index (χ3n) is 4.83. The van der Waals surface area contributed by atoms with E-state index in [2.05, 4.69) is 5.32 Å². The highest BCUT2D eigenvalue weighted by Crippen LogP contribution is 2.31. The van der Waals surface area contributed by atoms with Gasteiger partial charge in [-0.05, 0) is 53.9 Å². The van der Waals surface area contributed by atoms with Gasteiger partial charge in [-0.15, -0.1) is 0 Å². The molecule has 0 aliphatic carbocycles. The summed E-state index contributed by atoms with van der Waals surface area (Å²) in [5, 5.41) is 2.83. The molecule has 0 saturated heterocycles. The lowest BCUT2D eigenvalue weighted by atomic mass is 10.1. The Morgan fingerprint density at radius 1 is 0.971 bits per heavy atom. The molecule has 0 aliphatic heterocycles. The fourth-order valence-electron chi connectivity index (χ4n) is 3.30. The maximum atomic E-state index is 13.0. The summed E-state index contributed by atoms with van der Waals surface area (Å²) >= 11 is 0. The van der Waals surface area contributed by atoms with Gasteiger partial charge in [0, 0.05) is 18.8 Å². The Labute approximate surface area is 202 Å². The average molecular weight is 507 g/mol. The van der Waals surface area contributed by atoms with Crippen LogP contribution in [0.25, 0.3) is 0 Å². The summed E-state index contributed by atoms with van der Waals surface area (Å²) in [5.41, 5.74) is 0.130. The van der Waals surface area contributed by atoms with Crippen molar-refractivity contribution in [2.24, 2.45) is 5.92 Å². The number of hydrogen-bond donors (Lipinski definition) is 1. The lowest BCUT2D eigenvalue weighted by Crippen LogP contribution is -2.37. The van der Waals surface area contributed by atoms with Gasteiger partial charge in [0.25, 0.3) is 0 Å². The number of nitrogens with one attached hydrogen (secondary N) is 1. The first kappa shape index (κ1) is 26.1. The highest BCUT2D eigenvalue weighted by molar-refractivity contribution is 7.87. The van der Waals surface area contributed by atoms with Gasteiger partial charge in [0.2, 0.25) is 0 Å². The quantitative estimate of drug-likeness (QED) is 0.371. The minimum Gasteiger partial charge on any atom is -0.379 e. The molecule has 10 heteroatoms. The van der Waals surface area contributed by atoms with E-state index in [-0.39, 0.29) is 24.2 Å². The molecule has 0 bridgehead atoms. The number of hydrogen-bond acceptors (Lipinski definition) is 4. The van der Waals surface area contributed by atoms with Crippen molar-refractivity contribution >= 4 is 21.8 Å².